The van der Waals surface area contributed by atoms with Gasteiger partial charge in [0, 0.05) is 39.2 Å². The molecule has 2 fully saturated rings. The molecular formula is C15H26N2O3. The molecule has 2 atom stereocenters. The first-order valence-corrected chi connectivity index (χ1v) is 7.35. The summed E-state index contributed by atoms with van der Waals surface area (Å²) in [5, 5.41) is 0. The van der Waals surface area contributed by atoms with Gasteiger partial charge in [0.25, 0.3) is 0 Å². The van der Waals surface area contributed by atoms with Gasteiger partial charge in [-0.2, -0.15) is 0 Å². The van der Waals surface area contributed by atoms with Crippen molar-refractivity contribution in [2.24, 2.45) is 5.41 Å². The Morgan fingerprint density at radius 3 is 3.10 bits per heavy atom. The number of hydrogen-bond acceptors (Lipinski definition) is 3. The van der Waals surface area contributed by atoms with Crippen LogP contribution in [-0.2, 0) is 9.47 Å². The highest BCUT2D eigenvalue weighted by atomic mass is 16.5. The third-order valence-electron chi connectivity index (χ3n) is 4.27. The van der Waals surface area contributed by atoms with E-state index in [4.69, 9.17) is 9.47 Å². The molecule has 2 rings (SSSR count). The third kappa shape index (κ3) is 3.15. The van der Waals surface area contributed by atoms with Crippen molar-refractivity contribution in [1.29, 1.82) is 0 Å². The summed E-state index contributed by atoms with van der Waals surface area (Å²) in [6, 6.07) is 0.0807. The van der Waals surface area contributed by atoms with Gasteiger partial charge in [0.05, 0.1) is 19.3 Å². The first kappa shape index (κ1) is 15.3. The molecule has 5 nitrogen and oxygen atoms in total. The van der Waals surface area contributed by atoms with Crippen molar-refractivity contribution in [3.05, 3.63) is 12.7 Å². The second-order valence-electron chi connectivity index (χ2n) is 6.02. The van der Waals surface area contributed by atoms with E-state index in [1.54, 1.807) is 25.1 Å². The van der Waals surface area contributed by atoms with Gasteiger partial charge in [-0.15, -0.1) is 6.58 Å². The summed E-state index contributed by atoms with van der Waals surface area (Å²) in [5.41, 5.74) is -0.0504. The van der Waals surface area contributed by atoms with Crippen molar-refractivity contribution < 1.29 is 14.3 Å². The van der Waals surface area contributed by atoms with Crippen LogP contribution in [0, 0.1) is 5.41 Å². The number of hydrogen-bond donors (Lipinski definition) is 0. The summed E-state index contributed by atoms with van der Waals surface area (Å²) in [5.74, 6) is 0. The Hall–Kier alpha value is -1.07. The highest BCUT2D eigenvalue weighted by molar-refractivity contribution is 5.74. The molecule has 0 bridgehead atoms. The van der Waals surface area contributed by atoms with Crippen molar-refractivity contribution in [1.82, 2.24) is 9.80 Å². The number of ether oxygens (including phenoxy) is 2. The molecule has 2 heterocycles. The third-order valence-corrected chi connectivity index (χ3v) is 4.27. The maximum atomic E-state index is 12.2. The summed E-state index contributed by atoms with van der Waals surface area (Å²) in [4.78, 5) is 15.8. The van der Waals surface area contributed by atoms with Gasteiger partial charge < -0.3 is 19.3 Å². The molecule has 2 aliphatic rings. The lowest BCUT2D eigenvalue weighted by molar-refractivity contribution is -0.145. The molecule has 0 aromatic heterocycles. The minimum atomic E-state index is -0.0504. The van der Waals surface area contributed by atoms with E-state index in [0.29, 0.717) is 13.2 Å². The first-order valence-electron chi connectivity index (χ1n) is 7.35. The summed E-state index contributed by atoms with van der Waals surface area (Å²) < 4.78 is 11.7. The lowest BCUT2D eigenvalue weighted by Gasteiger charge is -2.50. The van der Waals surface area contributed by atoms with E-state index in [9.17, 15) is 4.79 Å². The molecule has 114 valence electrons. The Balaban J connectivity index is 2.07. The zero-order valence-corrected chi connectivity index (χ0v) is 12.6. The monoisotopic (exact) mass is 282 g/mol. The fourth-order valence-electron chi connectivity index (χ4n) is 3.29. The summed E-state index contributed by atoms with van der Waals surface area (Å²) in [7, 11) is 3.60. The van der Waals surface area contributed by atoms with Gasteiger partial charge in [0.2, 0.25) is 0 Å². The van der Waals surface area contributed by atoms with E-state index < -0.39 is 0 Å². The normalized spacial score (nSPS) is 29.7. The predicted octanol–water partition coefficient (Wildman–Crippen LogP) is 1.74. The largest absolute Gasteiger partial charge is 0.377 e. The van der Waals surface area contributed by atoms with E-state index >= 15 is 0 Å². The molecule has 2 saturated heterocycles. The van der Waals surface area contributed by atoms with Gasteiger partial charge in [0.15, 0.2) is 0 Å². The predicted molar refractivity (Wildman–Crippen MR) is 77.7 cm³/mol. The van der Waals surface area contributed by atoms with Crippen LogP contribution >= 0.6 is 0 Å². The average molecular weight is 282 g/mol. The first-order chi connectivity index (χ1) is 9.59. The minimum Gasteiger partial charge on any atom is -0.377 e. The van der Waals surface area contributed by atoms with Crippen LogP contribution in [-0.4, -0.2) is 68.9 Å². The molecule has 0 spiro atoms. The quantitative estimate of drug-likeness (QED) is 0.582. The van der Waals surface area contributed by atoms with E-state index in [-0.39, 0.29) is 17.6 Å². The van der Waals surface area contributed by atoms with Gasteiger partial charge in [-0.25, -0.2) is 4.79 Å². The molecular weight excluding hydrogens is 256 g/mol. The lowest BCUT2D eigenvalue weighted by Crippen LogP contribution is -2.59. The van der Waals surface area contributed by atoms with Crippen molar-refractivity contribution in [2.45, 2.75) is 25.4 Å². The number of piperidine rings is 1. The molecule has 0 saturated carbocycles. The Bertz CT molecular complexity index is 359. The summed E-state index contributed by atoms with van der Waals surface area (Å²) >= 11 is 0. The number of rotatable bonds is 4. The lowest BCUT2D eigenvalue weighted by atomic mass is 9.73. The molecule has 20 heavy (non-hydrogen) atoms. The highest BCUT2D eigenvalue weighted by Gasteiger charge is 2.47. The van der Waals surface area contributed by atoms with E-state index in [1.165, 1.54) is 0 Å². The van der Waals surface area contributed by atoms with Gasteiger partial charge in [-0.05, 0) is 19.3 Å². The van der Waals surface area contributed by atoms with E-state index in [2.05, 4.69) is 6.58 Å². The van der Waals surface area contributed by atoms with E-state index in [0.717, 1.165) is 39.0 Å². The van der Waals surface area contributed by atoms with Crippen LogP contribution in [0.15, 0.2) is 12.7 Å². The maximum absolute atomic E-state index is 12.2. The number of amides is 2. The fourth-order valence-corrected chi connectivity index (χ4v) is 3.29. The van der Waals surface area contributed by atoms with Crippen molar-refractivity contribution >= 4 is 6.03 Å². The van der Waals surface area contributed by atoms with E-state index in [1.807, 2.05) is 4.90 Å². The summed E-state index contributed by atoms with van der Waals surface area (Å²) in [6.45, 7) is 7.20. The molecule has 2 aliphatic heterocycles. The fraction of sp³-hybridized carbons (Fsp3) is 0.800. The van der Waals surface area contributed by atoms with Gasteiger partial charge >= 0.3 is 6.03 Å². The average Bonchev–Trinajstić information content (AvgIpc) is 2.46. The standard InChI is InChI=1S/C15H26N2O3/c1-4-9-19-12-15-7-5-10-20-13(15)6-8-17(11-15)14(18)16(2)3/h4,13H,1,5-12H2,2-3H3/t13-,15+/m1/s1. The van der Waals surface area contributed by atoms with Crippen molar-refractivity contribution in [3.8, 4) is 0 Å². The van der Waals surface area contributed by atoms with Crippen molar-refractivity contribution in [3.63, 3.8) is 0 Å². The zero-order valence-electron chi connectivity index (χ0n) is 12.6. The number of fused-ring (bicyclic) bond motifs is 1. The van der Waals surface area contributed by atoms with Crippen LogP contribution in [0.4, 0.5) is 4.79 Å². The zero-order chi connectivity index (χ0) is 14.6. The Morgan fingerprint density at radius 2 is 2.40 bits per heavy atom. The van der Waals surface area contributed by atoms with Crippen LogP contribution < -0.4 is 0 Å². The Labute approximate surface area is 121 Å². The second kappa shape index (κ2) is 6.59. The van der Waals surface area contributed by atoms with Crippen LogP contribution in [0.1, 0.15) is 19.3 Å². The number of carbonyl (C=O) groups excluding carboxylic acids is 1. The minimum absolute atomic E-state index is 0.0504. The smallest absolute Gasteiger partial charge is 0.319 e. The molecule has 5 heteroatoms. The molecule has 0 N–H and O–H groups in total. The topological polar surface area (TPSA) is 42.0 Å². The van der Waals surface area contributed by atoms with Crippen LogP contribution in [0.3, 0.4) is 0 Å². The molecule has 0 unspecified atom stereocenters. The highest BCUT2D eigenvalue weighted by Crippen LogP contribution is 2.40. The second-order valence-corrected chi connectivity index (χ2v) is 6.02. The van der Waals surface area contributed by atoms with Gasteiger partial charge in [0.1, 0.15) is 0 Å². The molecule has 0 radical (unpaired) electrons. The van der Waals surface area contributed by atoms with Gasteiger partial charge in [-0.1, -0.05) is 6.08 Å². The summed E-state index contributed by atoms with van der Waals surface area (Å²) in [6.07, 6.45) is 4.98. The maximum Gasteiger partial charge on any atom is 0.319 e. The number of likely N-dealkylation sites (tertiary alicyclic amines) is 1. The Morgan fingerprint density at radius 1 is 1.60 bits per heavy atom. The van der Waals surface area contributed by atoms with Crippen LogP contribution in [0.2, 0.25) is 0 Å². The molecule has 0 aromatic rings. The number of carbonyl (C=O) groups is 1. The molecule has 2 amide bonds. The number of urea groups is 1. The van der Waals surface area contributed by atoms with Gasteiger partial charge in [-0.3, -0.25) is 0 Å². The molecule has 0 aliphatic carbocycles. The van der Waals surface area contributed by atoms with Crippen LogP contribution in [0.25, 0.3) is 0 Å². The Kier molecular flexibility index (Phi) is 5.05. The molecule has 0 aromatic carbocycles. The number of nitrogens with zero attached hydrogens (tertiary/aromatic N) is 2. The van der Waals surface area contributed by atoms with Crippen molar-refractivity contribution in [2.75, 3.05) is 47.0 Å². The SMILES string of the molecule is C=CCOC[C@@]12CCCO[C@@H]1CCN(C(=O)N(C)C)C2. The van der Waals surface area contributed by atoms with Crippen LogP contribution in [0.5, 0.6) is 0 Å².